The first-order valence-corrected chi connectivity index (χ1v) is 11.4. The van der Waals surface area contributed by atoms with Crippen LogP contribution in [0, 0.1) is 0 Å². The van der Waals surface area contributed by atoms with E-state index in [1.54, 1.807) is 21.3 Å². The van der Waals surface area contributed by atoms with Gasteiger partial charge in [0.15, 0.2) is 23.0 Å². The Morgan fingerprint density at radius 1 is 0.909 bits per heavy atom. The molecular weight excluding hydrogens is 486 g/mol. The molecule has 1 atom stereocenters. The second kappa shape index (κ2) is 10.2. The normalized spacial score (nSPS) is 14.9. The molecule has 172 valence electrons. The molecule has 1 unspecified atom stereocenters. The number of para-hydroxylation sites is 2. The van der Waals surface area contributed by atoms with Gasteiger partial charge in [-0.1, -0.05) is 34.1 Å². The van der Waals surface area contributed by atoms with Crippen LogP contribution < -0.4 is 18.9 Å². The fourth-order valence-corrected chi connectivity index (χ4v) is 4.54. The van der Waals surface area contributed by atoms with Gasteiger partial charge < -0.3 is 23.8 Å². The summed E-state index contributed by atoms with van der Waals surface area (Å²) >= 11 is 3.47. The molecule has 0 aromatic heterocycles. The maximum absolute atomic E-state index is 13.6. The summed E-state index contributed by atoms with van der Waals surface area (Å²) in [5.74, 6) is 2.52. The van der Waals surface area contributed by atoms with Crippen LogP contribution in [0.25, 0.3) is 0 Å². The lowest BCUT2D eigenvalue weighted by molar-refractivity contribution is 0.0587. The summed E-state index contributed by atoms with van der Waals surface area (Å²) in [4.78, 5) is 15.4. The monoisotopic (exact) mass is 511 g/mol. The van der Waals surface area contributed by atoms with E-state index in [-0.39, 0.29) is 18.6 Å². The number of benzene rings is 3. The Morgan fingerprint density at radius 2 is 1.61 bits per heavy atom. The molecule has 7 heteroatoms. The van der Waals surface area contributed by atoms with E-state index in [4.69, 9.17) is 18.9 Å². The van der Waals surface area contributed by atoms with Crippen LogP contribution in [-0.4, -0.2) is 45.3 Å². The molecule has 4 rings (SSSR count). The van der Waals surface area contributed by atoms with Crippen molar-refractivity contribution in [2.75, 3.05) is 34.5 Å². The van der Waals surface area contributed by atoms with Crippen molar-refractivity contribution in [3.05, 3.63) is 81.8 Å². The number of hydrogen-bond donors (Lipinski definition) is 0. The van der Waals surface area contributed by atoms with Crippen molar-refractivity contribution in [2.24, 2.45) is 0 Å². The molecule has 3 aromatic rings. The van der Waals surface area contributed by atoms with Crippen LogP contribution in [0.2, 0.25) is 0 Å². The molecular formula is C26H26BrNO5. The van der Waals surface area contributed by atoms with E-state index in [0.29, 0.717) is 41.5 Å². The minimum absolute atomic E-state index is 0.0506. The third-order valence-electron chi connectivity index (χ3n) is 5.80. The molecule has 0 saturated carbocycles. The number of rotatable bonds is 7. The first-order valence-electron chi connectivity index (χ1n) is 10.6. The Hall–Kier alpha value is -3.19. The zero-order valence-corrected chi connectivity index (χ0v) is 20.4. The van der Waals surface area contributed by atoms with Crippen LogP contribution in [0.3, 0.4) is 0 Å². The van der Waals surface area contributed by atoms with E-state index in [2.05, 4.69) is 15.9 Å². The summed E-state index contributed by atoms with van der Waals surface area (Å²) in [5.41, 5.74) is 2.72. The minimum atomic E-state index is -0.315. The van der Waals surface area contributed by atoms with E-state index >= 15 is 0 Å². The molecule has 0 fully saturated rings. The first kappa shape index (κ1) is 23.0. The van der Waals surface area contributed by atoms with Gasteiger partial charge >= 0.3 is 0 Å². The first-order chi connectivity index (χ1) is 16.0. The van der Waals surface area contributed by atoms with Gasteiger partial charge in [0.1, 0.15) is 6.61 Å². The third kappa shape index (κ3) is 4.78. The summed E-state index contributed by atoms with van der Waals surface area (Å²) in [5, 5.41) is 0. The maximum atomic E-state index is 13.6. The number of halogens is 1. The van der Waals surface area contributed by atoms with Gasteiger partial charge in [0, 0.05) is 16.6 Å². The number of hydrogen-bond acceptors (Lipinski definition) is 5. The van der Waals surface area contributed by atoms with Crippen molar-refractivity contribution < 1.29 is 23.7 Å². The number of carbonyl (C=O) groups is 1. The highest BCUT2D eigenvalue weighted by Crippen LogP contribution is 2.39. The van der Waals surface area contributed by atoms with Crippen LogP contribution in [0.5, 0.6) is 23.0 Å². The molecule has 1 heterocycles. The Bertz CT molecular complexity index is 1150. The van der Waals surface area contributed by atoms with Crippen molar-refractivity contribution in [3.8, 4) is 23.0 Å². The number of carbonyl (C=O) groups excluding carboxylic acids is 1. The fraction of sp³-hybridized carbons (Fsp3) is 0.269. The summed E-state index contributed by atoms with van der Waals surface area (Å²) in [7, 11) is 4.84. The molecule has 0 spiro atoms. The van der Waals surface area contributed by atoms with Crippen molar-refractivity contribution in [1.82, 2.24) is 4.90 Å². The second-order valence-electron chi connectivity index (χ2n) is 7.64. The SMILES string of the molecule is COc1cc2c(cc1OC)C(COc1ccccc1OC)N(C(=O)c1cccc(Br)c1)CC2. The van der Waals surface area contributed by atoms with Crippen molar-refractivity contribution >= 4 is 21.8 Å². The lowest BCUT2D eigenvalue weighted by Crippen LogP contribution is -2.42. The predicted molar refractivity (Wildman–Crippen MR) is 130 cm³/mol. The van der Waals surface area contributed by atoms with Crippen LogP contribution in [0.1, 0.15) is 27.5 Å². The van der Waals surface area contributed by atoms with Gasteiger partial charge in [-0.3, -0.25) is 4.79 Å². The molecule has 0 radical (unpaired) electrons. The Balaban J connectivity index is 1.72. The lowest BCUT2D eigenvalue weighted by atomic mass is 9.91. The van der Waals surface area contributed by atoms with E-state index in [9.17, 15) is 4.79 Å². The average Bonchev–Trinajstić information content (AvgIpc) is 2.85. The summed E-state index contributed by atoms with van der Waals surface area (Å²) in [6.07, 6.45) is 0.709. The van der Waals surface area contributed by atoms with E-state index < -0.39 is 0 Å². The van der Waals surface area contributed by atoms with Crippen molar-refractivity contribution in [2.45, 2.75) is 12.5 Å². The fourth-order valence-electron chi connectivity index (χ4n) is 4.15. The van der Waals surface area contributed by atoms with Gasteiger partial charge in [-0.05, 0) is 60.0 Å². The summed E-state index contributed by atoms with van der Waals surface area (Å²) in [6.45, 7) is 0.830. The molecule has 33 heavy (non-hydrogen) atoms. The van der Waals surface area contributed by atoms with Gasteiger partial charge in [-0.15, -0.1) is 0 Å². The summed E-state index contributed by atoms with van der Waals surface area (Å²) in [6, 6.07) is 18.6. The van der Waals surface area contributed by atoms with Crippen molar-refractivity contribution in [1.29, 1.82) is 0 Å². The highest BCUT2D eigenvalue weighted by Gasteiger charge is 2.33. The molecule has 6 nitrogen and oxygen atoms in total. The molecule has 0 saturated heterocycles. The average molecular weight is 512 g/mol. The zero-order chi connectivity index (χ0) is 23.4. The van der Waals surface area contributed by atoms with Gasteiger partial charge in [-0.2, -0.15) is 0 Å². The topological polar surface area (TPSA) is 57.2 Å². The van der Waals surface area contributed by atoms with Gasteiger partial charge in [0.25, 0.3) is 5.91 Å². The quantitative estimate of drug-likeness (QED) is 0.431. The molecule has 3 aromatic carbocycles. The standard InChI is InChI=1S/C26H26BrNO5/c1-30-22-9-4-5-10-23(22)33-16-21-20-15-25(32-3)24(31-2)14-17(20)11-12-28(21)26(29)18-7-6-8-19(27)13-18/h4-10,13-15,21H,11-12,16H2,1-3H3. The number of methoxy groups -OCH3 is 3. The van der Waals surface area contributed by atoms with E-state index in [0.717, 1.165) is 15.6 Å². The molecule has 0 aliphatic carbocycles. The van der Waals surface area contributed by atoms with Gasteiger partial charge in [0.2, 0.25) is 0 Å². The Kier molecular flexibility index (Phi) is 7.08. The predicted octanol–water partition coefficient (Wildman–Crippen LogP) is 5.29. The smallest absolute Gasteiger partial charge is 0.254 e. The minimum Gasteiger partial charge on any atom is -0.493 e. The van der Waals surface area contributed by atoms with Crippen LogP contribution >= 0.6 is 15.9 Å². The lowest BCUT2D eigenvalue weighted by Gasteiger charge is -2.37. The summed E-state index contributed by atoms with van der Waals surface area (Å²) < 4.78 is 23.5. The number of ether oxygens (including phenoxy) is 4. The van der Waals surface area contributed by atoms with Crippen LogP contribution in [0.4, 0.5) is 0 Å². The number of fused-ring (bicyclic) bond motifs is 1. The highest BCUT2D eigenvalue weighted by molar-refractivity contribution is 9.10. The number of nitrogens with zero attached hydrogens (tertiary/aromatic N) is 1. The Labute approximate surface area is 202 Å². The molecule has 1 amide bonds. The van der Waals surface area contributed by atoms with Crippen LogP contribution in [-0.2, 0) is 6.42 Å². The second-order valence-corrected chi connectivity index (χ2v) is 8.56. The van der Waals surface area contributed by atoms with Gasteiger partial charge in [0.05, 0.1) is 27.4 Å². The van der Waals surface area contributed by atoms with Crippen molar-refractivity contribution in [3.63, 3.8) is 0 Å². The molecule has 1 aliphatic heterocycles. The molecule has 1 aliphatic rings. The van der Waals surface area contributed by atoms with E-state index in [1.807, 2.05) is 65.6 Å². The third-order valence-corrected chi connectivity index (χ3v) is 6.29. The highest BCUT2D eigenvalue weighted by atomic mass is 79.9. The Morgan fingerprint density at radius 3 is 2.30 bits per heavy atom. The number of amides is 1. The van der Waals surface area contributed by atoms with Gasteiger partial charge in [-0.25, -0.2) is 0 Å². The molecule has 0 bridgehead atoms. The maximum Gasteiger partial charge on any atom is 0.254 e. The van der Waals surface area contributed by atoms with Crippen LogP contribution in [0.15, 0.2) is 65.1 Å². The zero-order valence-electron chi connectivity index (χ0n) is 18.8. The largest absolute Gasteiger partial charge is 0.493 e. The van der Waals surface area contributed by atoms with E-state index in [1.165, 1.54) is 0 Å². The molecule has 0 N–H and O–H groups in total.